The van der Waals surface area contributed by atoms with E-state index in [-0.39, 0.29) is 5.41 Å². The largest absolute Gasteiger partial charge is 0.388 e. The van der Waals surface area contributed by atoms with Gasteiger partial charge in [0.1, 0.15) is 0 Å². The summed E-state index contributed by atoms with van der Waals surface area (Å²) in [4.78, 5) is 8.58. The maximum atomic E-state index is 10.3. The fourth-order valence-corrected chi connectivity index (χ4v) is 2.01. The van der Waals surface area contributed by atoms with Gasteiger partial charge in [0.05, 0.1) is 17.1 Å². The minimum absolute atomic E-state index is 0.233. The monoisotopic (exact) mass is 244 g/mol. The summed E-state index contributed by atoms with van der Waals surface area (Å²) in [6.45, 7) is 6.55. The molecule has 1 aromatic carbocycles. The third-order valence-corrected chi connectivity index (χ3v) is 3.06. The quantitative estimate of drug-likeness (QED) is 0.899. The number of benzene rings is 1. The van der Waals surface area contributed by atoms with Crippen molar-refractivity contribution in [3.05, 3.63) is 36.2 Å². The first kappa shape index (κ1) is 13.0. The zero-order valence-electron chi connectivity index (χ0n) is 11.2. The van der Waals surface area contributed by atoms with E-state index in [1.54, 1.807) is 12.4 Å². The van der Waals surface area contributed by atoms with Crippen LogP contribution in [0, 0.1) is 5.41 Å². The maximum Gasteiger partial charge on any atom is 0.0944 e. The van der Waals surface area contributed by atoms with Crippen LogP contribution in [0.2, 0.25) is 0 Å². The van der Waals surface area contributed by atoms with Crippen LogP contribution in [0.25, 0.3) is 11.0 Å². The Morgan fingerprint density at radius 3 is 2.61 bits per heavy atom. The van der Waals surface area contributed by atoms with Gasteiger partial charge >= 0.3 is 0 Å². The van der Waals surface area contributed by atoms with Gasteiger partial charge in [-0.25, -0.2) is 0 Å². The number of aliphatic hydroxyl groups is 1. The summed E-state index contributed by atoms with van der Waals surface area (Å²) in [7, 11) is 0. The van der Waals surface area contributed by atoms with Gasteiger partial charge in [-0.2, -0.15) is 0 Å². The molecule has 1 aromatic heterocycles. The van der Waals surface area contributed by atoms with Crippen molar-refractivity contribution in [1.82, 2.24) is 9.97 Å². The molecule has 0 bridgehead atoms. The van der Waals surface area contributed by atoms with E-state index in [1.165, 1.54) is 0 Å². The number of hydrogen-bond acceptors (Lipinski definition) is 3. The molecule has 0 amide bonds. The van der Waals surface area contributed by atoms with E-state index in [0.29, 0.717) is 0 Å². The Morgan fingerprint density at radius 2 is 1.89 bits per heavy atom. The van der Waals surface area contributed by atoms with Gasteiger partial charge in [0.25, 0.3) is 0 Å². The molecule has 0 saturated carbocycles. The Kier molecular flexibility index (Phi) is 3.62. The molecular weight excluding hydrogens is 224 g/mol. The van der Waals surface area contributed by atoms with E-state index in [0.717, 1.165) is 29.4 Å². The smallest absolute Gasteiger partial charge is 0.0944 e. The Bertz CT molecular complexity index is 526. The van der Waals surface area contributed by atoms with Crippen molar-refractivity contribution in [1.29, 1.82) is 0 Å². The standard InChI is InChI=1S/C15H20N2O/c1-15(2,3)8-7-13(18)11-5-4-6-12-14(11)17-10-9-16-12/h4-6,9-10,13,18H,7-8H2,1-3H3. The highest BCUT2D eigenvalue weighted by molar-refractivity contribution is 5.77. The Morgan fingerprint density at radius 1 is 1.17 bits per heavy atom. The molecule has 1 N–H and O–H groups in total. The minimum Gasteiger partial charge on any atom is -0.388 e. The topological polar surface area (TPSA) is 46.0 Å². The molecule has 0 spiro atoms. The highest BCUT2D eigenvalue weighted by Crippen LogP contribution is 2.29. The van der Waals surface area contributed by atoms with Gasteiger partial charge in [0, 0.05) is 18.0 Å². The van der Waals surface area contributed by atoms with Gasteiger partial charge in [0.2, 0.25) is 0 Å². The van der Waals surface area contributed by atoms with Gasteiger partial charge in [0.15, 0.2) is 0 Å². The van der Waals surface area contributed by atoms with E-state index in [2.05, 4.69) is 30.7 Å². The molecule has 1 unspecified atom stereocenters. The first-order chi connectivity index (χ1) is 8.47. The van der Waals surface area contributed by atoms with Crippen LogP contribution in [0.15, 0.2) is 30.6 Å². The minimum atomic E-state index is -0.468. The lowest BCUT2D eigenvalue weighted by atomic mass is 9.88. The third-order valence-electron chi connectivity index (χ3n) is 3.06. The Labute approximate surface area is 108 Å². The van der Waals surface area contributed by atoms with Crippen molar-refractivity contribution in [3.63, 3.8) is 0 Å². The lowest BCUT2D eigenvalue weighted by molar-refractivity contribution is 0.149. The molecule has 3 heteroatoms. The number of para-hydroxylation sites is 1. The molecule has 0 saturated heterocycles. The molecule has 0 aliphatic carbocycles. The molecule has 18 heavy (non-hydrogen) atoms. The van der Waals surface area contributed by atoms with Crippen molar-refractivity contribution in [2.24, 2.45) is 5.41 Å². The zero-order valence-corrected chi connectivity index (χ0v) is 11.2. The number of aromatic nitrogens is 2. The Balaban J connectivity index is 2.25. The van der Waals surface area contributed by atoms with Gasteiger partial charge < -0.3 is 5.11 Å². The van der Waals surface area contributed by atoms with Crippen LogP contribution in [0.3, 0.4) is 0 Å². The second kappa shape index (κ2) is 5.02. The number of nitrogens with zero attached hydrogens (tertiary/aromatic N) is 2. The fourth-order valence-electron chi connectivity index (χ4n) is 2.01. The molecule has 2 rings (SSSR count). The van der Waals surface area contributed by atoms with Crippen LogP contribution in [-0.2, 0) is 0 Å². The molecule has 0 radical (unpaired) electrons. The molecule has 0 fully saturated rings. The molecule has 0 aliphatic rings. The maximum absolute atomic E-state index is 10.3. The summed E-state index contributed by atoms with van der Waals surface area (Å²) in [5, 5.41) is 10.3. The van der Waals surface area contributed by atoms with Crippen molar-refractivity contribution in [2.75, 3.05) is 0 Å². The molecule has 1 atom stereocenters. The summed E-state index contributed by atoms with van der Waals surface area (Å²) >= 11 is 0. The van der Waals surface area contributed by atoms with Crippen molar-refractivity contribution in [2.45, 2.75) is 39.7 Å². The van der Waals surface area contributed by atoms with Crippen molar-refractivity contribution < 1.29 is 5.11 Å². The lowest BCUT2D eigenvalue weighted by Crippen LogP contribution is -2.08. The normalized spacial score (nSPS) is 13.8. The summed E-state index contributed by atoms with van der Waals surface area (Å²) in [6, 6.07) is 5.78. The summed E-state index contributed by atoms with van der Waals surface area (Å²) in [6.07, 6.45) is 4.60. The first-order valence-corrected chi connectivity index (χ1v) is 6.35. The van der Waals surface area contributed by atoms with Crippen LogP contribution >= 0.6 is 0 Å². The summed E-state index contributed by atoms with van der Waals surface area (Å²) < 4.78 is 0. The van der Waals surface area contributed by atoms with Gasteiger partial charge in [-0.1, -0.05) is 32.9 Å². The number of aliphatic hydroxyl groups excluding tert-OH is 1. The molecule has 0 aliphatic heterocycles. The van der Waals surface area contributed by atoms with Crippen molar-refractivity contribution in [3.8, 4) is 0 Å². The summed E-state index contributed by atoms with van der Waals surface area (Å²) in [5.74, 6) is 0. The van der Waals surface area contributed by atoms with Gasteiger partial charge in [-0.05, 0) is 24.3 Å². The average Bonchev–Trinajstić information content (AvgIpc) is 2.34. The fraction of sp³-hybridized carbons (Fsp3) is 0.467. The van der Waals surface area contributed by atoms with Gasteiger partial charge in [-0.3, -0.25) is 9.97 Å². The van der Waals surface area contributed by atoms with Crippen molar-refractivity contribution >= 4 is 11.0 Å². The van der Waals surface area contributed by atoms with Crippen LogP contribution in [-0.4, -0.2) is 15.1 Å². The molecular formula is C15H20N2O. The second-order valence-electron chi connectivity index (χ2n) is 5.89. The zero-order chi connectivity index (χ0) is 13.2. The molecule has 3 nitrogen and oxygen atoms in total. The molecule has 1 heterocycles. The van der Waals surface area contributed by atoms with E-state index in [1.807, 2.05) is 18.2 Å². The third kappa shape index (κ3) is 3.05. The lowest BCUT2D eigenvalue weighted by Gasteiger charge is -2.20. The van der Waals surface area contributed by atoms with E-state index >= 15 is 0 Å². The second-order valence-corrected chi connectivity index (χ2v) is 5.89. The Hall–Kier alpha value is -1.48. The highest BCUT2D eigenvalue weighted by atomic mass is 16.3. The molecule has 96 valence electrons. The van der Waals surface area contributed by atoms with E-state index in [9.17, 15) is 5.11 Å². The van der Waals surface area contributed by atoms with Crippen LogP contribution in [0.1, 0.15) is 45.3 Å². The first-order valence-electron chi connectivity index (χ1n) is 6.35. The predicted octanol–water partition coefficient (Wildman–Crippen LogP) is 3.49. The average molecular weight is 244 g/mol. The van der Waals surface area contributed by atoms with E-state index < -0.39 is 6.10 Å². The van der Waals surface area contributed by atoms with Gasteiger partial charge in [-0.15, -0.1) is 0 Å². The number of hydrogen-bond donors (Lipinski definition) is 1. The van der Waals surface area contributed by atoms with Crippen LogP contribution in [0.4, 0.5) is 0 Å². The van der Waals surface area contributed by atoms with Crippen LogP contribution < -0.4 is 0 Å². The SMILES string of the molecule is CC(C)(C)CCC(O)c1cccc2nccnc12. The number of rotatable bonds is 3. The molecule has 2 aromatic rings. The predicted molar refractivity (Wildman–Crippen MR) is 73.2 cm³/mol. The summed E-state index contributed by atoms with van der Waals surface area (Å²) in [5.41, 5.74) is 2.76. The van der Waals surface area contributed by atoms with Crippen LogP contribution in [0.5, 0.6) is 0 Å². The highest BCUT2D eigenvalue weighted by Gasteiger charge is 2.17. The van der Waals surface area contributed by atoms with E-state index in [4.69, 9.17) is 0 Å². The number of fused-ring (bicyclic) bond motifs is 1.